The monoisotopic (exact) mass is 405 g/mol. The van der Waals surface area contributed by atoms with Crippen molar-refractivity contribution in [2.24, 2.45) is 0 Å². The summed E-state index contributed by atoms with van der Waals surface area (Å²) in [6, 6.07) is 15.3. The Labute approximate surface area is 176 Å². The lowest BCUT2D eigenvalue weighted by molar-refractivity contribution is -0.139. The molecular formula is C25H27NO4. The Hall–Kier alpha value is -3.08. The van der Waals surface area contributed by atoms with E-state index in [2.05, 4.69) is 35.7 Å². The van der Waals surface area contributed by atoms with Gasteiger partial charge in [-0.05, 0) is 60.8 Å². The summed E-state index contributed by atoms with van der Waals surface area (Å²) in [5.74, 6) is -1.07. The Kier molecular flexibility index (Phi) is 6.17. The van der Waals surface area contributed by atoms with Crippen LogP contribution in [0.15, 0.2) is 60.2 Å². The molecule has 0 radical (unpaired) electrons. The number of fused-ring (bicyclic) bond motifs is 3. The number of allylic oxidation sites excluding steroid dienone is 2. The number of hydrogen-bond acceptors (Lipinski definition) is 3. The molecule has 0 saturated carbocycles. The second-order valence-electron chi connectivity index (χ2n) is 8.01. The van der Waals surface area contributed by atoms with Crippen molar-refractivity contribution in [2.45, 2.75) is 50.5 Å². The molecule has 1 unspecified atom stereocenters. The molecule has 0 fully saturated rings. The molecule has 5 nitrogen and oxygen atoms in total. The van der Waals surface area contributed by atoms with Gasteiger partial charge in [0.25, 0.3) is 0 Å². The third-order valence-electron chi connectivity index (χ3n) is 6.07. The van der Waals surface area contributed by atoms with E-state index in [-0.39, 0.29) is 12.5 Å². The van der Waals surface area contributed by atoms with Crippen LogP contribution in [0.1, 0.15) is 55.6 Å². The highest BCUT2D eigenvalue weighted by atomic mass is 16.5. The van der Waals surface area contributed by atoms with Crippen molar-refractivity contribution in [3.8, 4) is 11.1 Å². The van der Waals surface area contributed by atoms with E-state index in [1.54, 1.807) is 0 Å². The molecule has 0 heterocycles. The van der Waals surface area contributed by atoms with Crippen molar-refractivity contribution in [2.75, 3.05) is 6.61 Å². The first kappa shape index (κ1) is 20.2. The van der Waals surface area contributed by atoms with Gasteiger partial charge in [0, 0.05) is 5.92 Å². The number of amides is 1. The number of carbonyl (C=O) groups excluding carboxylic acids is 1. The smallest absolute Gasteiger partial charge is 0.407 e. The summed E-state index contributed by atoms with van der Waals surface area (Å²) >= 11 is 0. The van der Waals surface area contributed by atoms with Crippen LogP contribution in [-0.2, 0) is 9.53 Å². The molecule has 156 valence electrons. The first-order valence-electron chi connectivity index (χ1n) is 10.7. The van der Waals surface area contributed by atoms with Gasteiger partial charge in [-0.2, -0.15) is 0 Å². The number of carbonyl (C=O) groups is 2. The van der Waals surface area contributed by atoms with Gasteiger partial charge in [0.15, 0.2) is 0 Å². The Morgan fingerprint density at radius 3 is 2.30 bits per heavy atom. The van der Waals surface area contributed by atoms with E-state index in [1.807, 2.05) is 24.3 Å². The van der Waals surface area contributed by atoms with E-state index in [0.717, 1.165) is 41.5 Å². The zero-order chi connectivity index (χ0) is 20.9. The van der Waals surface area contributed by atoms with Gasteiger partial charge in [0.1, 0.15) is 12.6 Å². The van der Waals surface area contributed by atoms with Gasteiger partial charge in [0.05, 0.1) is 0 Å². The van der Waals surface area contributed by atoms with Crippen molar-refractivity contribution in [3.05, 3.63) is 71.3 Å². The summed E-state index contributed by atoms with van der Waals surface area (Å²) in [6.07, 6.45) is 7.04. The number of nitrogens with one attached hydrogen (secondary N) is 1. The standard InChI is InChI=1S/C25H27NO4/c27-24(28)23(15-14-17-8-2-1-3-9-17)26-25(29)30-16-22-20-12-6-4-10-18(20)19-11-5-7-13-21(19)22/h4-8,10-13,22-23H,1-3,9,14-16H2,(H,26,29)(H,27,28). The van der Waals surface area contributed by atoms with Crippen molar-refractivity contribution in [3.63, 3.8) is 0 Å². The van der Waals surface area contributed by atoms with E-state index in [9.17, 15) is 14.7 Å². The maximum Gasteiger partial charge on any atom is 0.407 e. The molecule has 0 bridgehead atoms. The summed E-state index contributed by atoms with van der Waals surface area (Å²) in [6.45, 7) is 0.178. The third-order valence-corrected chi connectivity index (χ3v) is 6.07. The summed E-state index contributed by atoms with van der Waals surface area (Å²) in [5.41, 5.74) is 5.87. The number of alkyl carbamates (subject to hydrolysis) is 1. The molecule has 5 heteroatoms. The minimum Gasteiger partial charge on any atom is -0.480 e. The van der Waals surface area contributed by atoms with Crippen LogP contribution in [-0.4, -0.2) is 29.8 Å². The van der Waals surface area contributed by atoms with Gasteiger partial charge >= 0.3 is 12.1 Å². The number of hydrogen-bond donors (Lipinski definition) is 2. The largest absolute Gasteiger partial charge is 0.480 e. The quantitative estimate of drug-likeness (QED) is 0.616. The minimum absolute atomic E-state index is 0.0428. The maximum absolute atomic E-state index is 12.4. The number of aliphatic carboxylic acids is 1. The molecule has 30 heavy (non-hydrogen) atoms. The fraction of sp³-hybridized carbons (Fsp3) is 0.360. The van der Waals surface area contributed by atoms with Crippen LogP contribution in [0.2, 0.25) is 0 Å². The van der Waals surface area contributed by atoms with Crippen LogP contribution in [0, 0.1) is 0 Å². The lowest BCUT2D eigenvalue weighted by Gasteiger charge is -2.19. The molecule has 2 N–H and O–H groups in total. The van der Waals surface area contributed by atoms with Crippen LogP contribution in [0.4, 0.5) is 4.79 Å². The van der Waals surface area contributed by atoms with Crippen molar-refractivity contribution in [1.29, 1.82) is 0 Å². The van der Waals surface area contributed by atoms with Crippen LogP contribution in [0.3, 0.4) is 0 Å². The molecule has 2 aromatic carbocycles. The highest BCUT2D eigenvalue weighted by molar-refractivity contribution is 5.81. The zero-order valence-electron chi connectivity index (χ0n) is 17.0. The molecule has 0 aliphatic heterocycles. The maximum atomic E-state index is 12.4. The Balaban J connectivity index is 1.37. The van der Waals surface area contributed by atoms with Gasteiger partial charge in [-0.25, -0.2) is 9.59 Å². The average molecular weight is 405 g/mol. The van der Waals surface area contributed by atoms with Crippen molar-refractivity contribution >= 4 is 12.1 Å². The predicted molar refractivity (Wildman–Crippen MR) is 115 cm³/mol. The number of ether oxygens (including phenoxy) is 1. The van der Waals surface area contributed by atoms with E-state index in [0.29, 0.717) is 12.8 Å². The third kappa shape index (κ3) is 4.40. The molecule has 2 aliphatic rings. The highest BCUT2D eigenvalue weighted by Crippen LogP contribution is 2.44. The first-order chi connectivity index (χ1) is 14.6. The van der Waals surface area contributed by atoms with E-state index in [4.69, 9.17) is 4.74 Å². The summed E-state index contributed by atoms with van der Waals surface area (Å²) in [5, 5.41) is 12.0. The molecular weight excluding hydrogens is 378 g/mol. The normalized spacial score (nSPS) is 16.2. The molecule has 0 spiro atoms. The molecule has 1 amide bonds. The summed E-state index contributed by atoms with van der Waals surface area (Å²) in [4.78, 5) is 24.0. The van der Waals surface area contributed by atoms with Crippen molar-refractivity contribution < 1.29 is 19.4 Å². The lowest BCUT2D eigenvalue weighted by Crippen LogP contribution is -2.41. The van der Waals surface area contributed by atoms with Gasteiger partial charge in [-0.15, -0.1) is 0 Å². The van der Waals surface area contributed by atoms with Gasteiger partial charge < -0.3 is 15.2 Å². The minimum atomic E-state index is -1.03. The molecule has 0 saturated heterocycles. The number of rotatable bonds is 7. The highest BCUT2D eigenvalue weighted by Gasteiger charge is 2.29. The van der Waals surface area contributed by atoms with Crippen molar-refractivity contribution in [1.82, 2.24) is 5.32 Å². The van der Waals surface area contributed by atoms with Gasteiger partial charge in [0.2, 0.25) is 0 Å². The van der Waals surface area contributed by atoms with E-state index < -0.39 is 18.1 Å². The molecule has 2 aromatic rings. The molecule has 4 rings (SSSR count). The lowest BCUT2D eigenvalue weighted by atomic mass is 9.94. The number of benzene rings is 2. The predicted octanol–water partition coefficient (Wildman–Crippen LogP) is 5.26. The zero-order valence-corrected chi connectivity index (χ0v) is 17.0. The Morgan fingerprint density at radius 1 is 1.03 bits per heavy atom. The van der Waals surface area contributed by atoms with E-state index >= 15 is 0 Å². The topological polar surface area (TPSA) is 75.6 Å². The first-order valence-corrected chi connectivity index (χ1v) is 10.7. The van der Waals surface area contributed by atoms with Gasteiger partial charge in [-0.3, -0.25) is 0 Å². The summed E-state index contributed by atoms with van der Waals surface area (Å²) < 4.78 is 5.48. The Morgan fingerprint density at radius 2 is 1.70 bits per heavy atom. The SMILES string of the molecule is O=C(NC(CCC1=CCCCC1)C(=O)O)OCC1c2ccccc2-c2ccccc21. The Bertz CT molecular complexity index is 920. The second-order valence-corrected chi connectivity index (χ2v) is 8.01. The van der Waals surface area contributed by atoms with Gasteiger partial charge in [-0.1, -0.05) is 60.2 Å². The molecule has 0 aromatic heterocycles. The average Bonchev–Trinajstić information content (AvgIpc) is 3.09. The fourth-order valence-electron chi connectivity index (χ4n) is 4.50. The number of carboxylic acids is 1. The summed E-state index contributed by atoms with van der Waals surface area (Å²) in [7, 11) is 0. The van der Waals surface area contributed by atoms with Crippen LogP contribution < -0.4 is 5.32 Å². The fourth-order valence-corrected chi connectivity index (χ4v) is 4.50. The van der Waals surface area contributed by atoms with E-state index in [1.165, 1.54) is 12.0 Å². The number of carboxylic acid groups (broad SMARTS) is 1. The van der Waals surface area contributed by atoms with Crippen LogP contribution in [0.5, 0.6) is 0 Å². The molecule has 2 aliphatic carbocycles. The van der Waals surface area contributed by atoms with Crippen LogP contribution >= 0.6 is 0 Å². The second kappa shape index (κ2) is 9.16. The van der Waals surface area contributed by atoms with Crippen LogP contribution in [0.25, 0.3) is 11.1 Å². The molecule has 1 atom stereocenters.